The van der Waals surface area contributed by atoms with Crippen molar-refractivity contribution in [3.8, 4) is 0 Å². The third-order valence-electron chi connectivity index (χ3n) is 3.74. The Morgan fingerprint density at radius 3 is 2.83 bits per heavy atom. The van der Waals surface area contributed by atoms with Crippen LogP contribution in [0.4, 0.5) is 10.2 Å². The Bertz CT molecular complexity index is 861. The largest absolute Gasteiger partial charge is 0.307 e. The molecular formula is C15H16FN3O3S. The van der Waals surface area contributed by atoms with E-state index in [9.17, 15) is 17.6 Å². The molecule has 122 valence electrons. The summed E-state index contributed by atoms with van der Waals surface area (Å²) >= 11 is 0. The summed E-state index contributed by atoms with van der Waals surface area (Å²) < 4.78 is 38.0. The molecule has 8 heteroatoms. The van der Waals surface area contributed by atoms with Crippen molar-refractivity contribution >= 4 is 21.6 Å². The summed E-state index contributed by atoms with van der Waals surface area (Å²) in [7, 11) is -3.06. The summed E-state index contributed by atoms with van der Waals surface area (Å²) in [5.74, 6) is -0.417. The van der Waals surface area contributed by atoms with Gasteiger partial charge in [0, 0.05) is 11.6 Å². The highest BCUT2D eigenvalue weighted by molar-refractivity contribution is 7.91. The van der Waals surface area contributed by atoms with E-state index >= 15 is 0 Å². The normalized spacial score (nSPS) is 19.7. The van der Waals surface area contributed by atoms with Gasteiger partial charge in [-0.1, -0.05) is 6.07 Å². The zero-order chi connectivity index (χ0) is 16.6. The van der Waals surface area contributed by atoms with E-state index < -0.39 is 21.6 Å². The van der Waals surface area contributed by atoms with E-state index in [-0.39, 0.29) is 23.1 Å². The maximum absolute atomic E-state index is 13.2. The van der Waals surface area contributed by atoms with Crippen molar-refractivity contribution in [2.45, 2.75) is 19.4 Å². The second-order valence-electron chi connectivity index (χ2n) is 5.64. The molecule has 1 aromatic carbocycles. The van der Waals surface area contributed by atoms with Crippen LogP contribution in [-0.2, 0) is 9.84 Å². The van der Waals surface area contributed by atoms with Crippen LogP contribution in [0.5, 0.6) is 0 Å². The smallest absolute Gasteiger partial charge is 0.256 e. The summed E-state index contributed by atoms with van der Waals surface area (Å²) in [6.45, 7) is 1.76. The number of anilines is 1. The molecule has 1 fully saturated rings. The predicted molar refractivity (Wildman–Crippen MR) is 83.6 cm³/mol. The first kappa shape index (κ1) is 15.7. The highest BCUT2D eigenvalue weighted by Gasteiger charge is 2.31. The summed E-state index contributed by atoms with van der Waals surface area (Å²) in [6, 6.07) is 6.73. The van der Waals surface area contributed by atoms with Gasteiger partial charge in [-0.15, -0.1) is 0 Å². The van der Waals surface area contributed by atoms with Crippen molar-refractivity contribution in [3.63, 3.8) is 0 Å². The molecule has 23 heavy (non-hydrogen) atoms. The number of rotatable bonds is 3. The van der Waals surface area contributed by atoms with Gasteiger partial charge in [0.25, 0.3) is 5.91 Å². The number of aromatic nitrogens is 2. The van der Waals surface area contributed by atoms with E-state index in [1.807, 2.05) is 0 Å². The number of hydrogen-bond donors (Lipinski definition) is 1. The number of benzene rings is 1. The van der Waals surface area contributed by atoms with Crippen molar-refractivity contribution in [2.24, 2.45) is 0 Å². The van der Waals surface area contributed by atoms with E-state index in [0.717, 1.165) is 6.07 Å². The molecule has 0 bridgehead atoms. The lowest BCUT2D eigenvalue weighted by atomic mass is 10.2. The minimum absolute atomic E-state index is 0.0109. The number of nitrogens with one attached hydrogen (secondary N) is 1. The fraction of sp³-hybridized carbons (Fsp3) is 0.333. The van der Waals surface area contributed by atoms with Crippen LogP contribution in [0.15, 0.2) is 30.3 Å². The van der Waals surface area contributed by atoms with Gasteiger partial charge in [0.2, 0.25) is 0 Å². The van der Waals surface area contributed by atoms with E-state index in [2.05, 4.69) is 10.4 Å². The SMILES string of the molecule is Cc1cc(NC(=O)c2cccc(F)c2)n([C@@H]2CCS(=O)(=O)C2)n1. The van der Waals surface area contributed by atoms with Crippen molar-refractivity contribution in [3.05, 3.63) is 47.4 Å². The van der Waals surface area contributed by atoms with E-state index in [0.29, 0.717) is 17.9 Å². The van der Waals surface area contributed by atoms with Gasteiger partial charge in [-0.3, -0.25) is 4.79 Å². The number of sulfone groups is 1. The third kappa shape index (κ3) is 3.42. The first-order valence-corrected chi connectivity index (χ1v) is 9.00. The highest BCUT2D eigenvalue weighted by Crippen LogP contribution is 2.27. The highest BCUT2D eigenvalue weighted by atomic mass is 32.2. The van der Waals surface area contributed by atoms with Gasteiger partial charge in [-0.25, -0.2) is 17.5 Å². The van der Waals surface area contributed by atoms with Crippen molar-refractivity contribution in [2.75, 3.05) is 16.8 Å². The minimum atomic E-state index is -3.06. The van der Waals surface area contributed by atoms with Gasteiger partial charge in [0.1, 0.15) is 11.6 Å². The number of carbonyl (C=O) groups is 1. The fourth-order valence-electron chi connectivity index (χ4n) is 2.67. The molecule has 2 aromatic rings. The zero-order valence-electron chi connectivity index (χ0n) is 12.5. The maximum atomic E-state index is 13.2. The predicted octanol–water partition coefficient (Wildman–Crippen LogP) is 1.94. The molecule has 1 aliphatic rings. The lowest BCUT2D eigenvalue weighted by molar-refractivity contribution is 0.102. The van der Waals surface area contributed by atoms with Crippen LogP contribution < -0.4 is 5.32 Å². The summed E-state index contributed by atoms with van der Waals surface area (Å²) in [5.41, 5.74) is 0.860. The lowest BCUT2D eigenvalue weighted by Gasteiger charge is -2.13. The topological polar surface area (TPSA) is 81.1 Å². The van der Waals surface area contributed by atoms with Gasteiger partial charge in [0.05, 0.1) is 23.2 Å². The number of halogens is 1. The molecular weight excluding hydrogens is 321 g/mol. The number of nitrogens with zero attached hydrogens (tertiary/aromatic N) is 2. The van der Waals surface area contributed by atoms with Gasteiger partial charge in [0.15, 0.2) is 9.84 Å². The first-order chi connectivity index (χ1) is 10.8. The van der Waals surface area contributed by atoms with Crippen molar-refractivity contribution < 1.29 is 17.6 Å². The average molecular weight is 337 g/mol. The minimum Gasteiger partial charge on any atom is -0.307 e. The molecule has 3 rings (SSSR count). The lowest BCUT2D eigenvalue weighted by Crippen LogP contribution is -2.19. The first-order valence-electron chi connectivity index (χ1n) is 7.17. The number of amides is 1. The molecule has 0 aliphatic carbocycles. The quantitative estimate of drug-likeness (QED) is 0.928. The van der Waals surface area contributed by atoms with Crippen LogP contribution in [0.3, 0.4) is 0 Å². The van der Waals surface area contributed by atoms with E-state index in [4.69, 9.17) is 0 Å². The average Bonchev–Trinajstić information content (AvgIpc) is 3.01. The number of carbonyl (C=O) groups excluding carboxylic acids is 1. The van der Waals surface area contributed by atoms with Gasteiger partial charge < -0.3 is 5.32 Å². The number of hydrogen-bond acceptors (Lipinski definition) is 4. The molecule has 1 atom stereocenters. The van der Waals surface area contributed by atoms with Crippen LogP contribution in [0.25, 0.3) is 0 Å². The Morgan fingerprint density at radius 2 is 2.17 bits per heavy atom. The molecule has 1 amide bonds. The standard InChI is InChI=1S/C15H16FN3O3S/c1-10-7-14(17-15(20)11-3-2-4-12(16)8-11)19(18-10)13-5-6-23(21,22)9-13/h2-4,7-8,13H,5-6,9H2,1H3,(H,17,20)/t13-/m1/s1. The molecule has 0 saturated carbocycles. The fourth-order valence-corrected chi connectivity index (χ4v) is 4.37. The molecule has 2 heterocycles. The molecule has 1 aromatic heterocycles. The molecule has 6 nitrogen and oxygen atoms in total. The van der Waals surface area contributed by atoms with Crippen LogP contribution in [0, 0.1) is 12.7 Å². The summed E-state index contributed by atoms with van der Waals surface area (Å²) in [6.07, 6.45) is 0.465. The monoisotopic (exact) mass is 337 g/mol. The van der Waals surface area contributed by atoms with Crippen molar-refractivity contribution in [1.29, 1.82) is 0 Å². The molecule has 1 N–H and O–H groups in total. The van der Waals surface area contributed by atoms with Gasteiger partial charge >= 0.3 is 0 Å². The summed E-state index contributed by atoms with van der Waals surface area (Å²) in [4.78, 5) is 12.2. The zero-order valence-corrected chi connectivity index (χ0v) is 13.3. The van der Waals surface area contributed by atoms with Gasteiger partial charge in [-0.2, -0.15) is 5.10 Å². The molecule has 0 spiro atoms. The van der Waals surface area contributed by atoms with Crippen LogP contribution in [0.1, 0.15) is 28.5 Å². The van der Waals surface area contributed by atoms with Crippen LogP contribution >= 0.6 is 0 Å². The maximum Gasteiger partial charge on any atom is 0.256 e. The Kier molecular flexibility index (Phi) is 3.93. The third-order valence-corrected chi connectivity index (χ3v) is 5.49. The Hall–Kier alpha value is -2.22. The van der Waals surface area contributed by atoms with E-state index in [1.165, 1.54) is 22.9 Å². The molecule has 0 unspecified atom stereocenters. The Balaban J connectivity index is 1.85. The second-order valence-corrected chi connectivity index (χ2v) is 7.87. The van der Waals surface area contributed by atoms with Crippen LogP contribution in [-0.4, -0.2) is 35.6 Å². The number of aryl methyl sites for hydroxylation is 1. The van der Waals surface area contributed by atoms with Crippen molar-refractivity contribution in [1.82, 2.24) is 9.78 Å². The van der Waals surface area contributed by atoms with Gasteiger partial charge in [-0.05, 0) is 31.5 Å². The molecule has 0 radical (unpaired) electrons. The molecule has 1 aliphatic heterocycles. The van der Waals surface area contributed by atoms with E-state index in [1.54, 1.807) is 13.0 Å². The summed E-state index contributed by atoms with van der Waals surface area (Å²) in [5, 5.41) is 6.97. The van der Waals surface area contributed by atoms with Crippen LogP contribution in [0.2, 0.25) is 0 Å². The Morgan fingerprint density at radius 1 is 1.39 bits per heavy atom. The second kappa shape index (κ2) is 5.77. The Labute approximate surface area is 133 Å². The molecule has 1 saturated heterocycles.